The van der Waals surface area contributed by atoms with E-state index in [0.29, 0.717) is 22.3 Å². The molecule has 7 nitrogen and oxygen atoms in total. The number of nitrogens with two attached hydrogens (primary N) is 1. The first-order valence-corrected chi connectivity index (χ1v) is 7.98. The van der Waals surface area contributed by atoms with Crippen molar-refractivity contribution in [2.45, 2.75) is 13.3 Å². The van der Waals surface area contributed by atoms with E-state index in [9.17, 15) is 4.79 Å². The highest BCUT2D eigenvalue weighted by Crippen LogP contribution is 2.26. The van der Waals surface area contributed by atoms with Gasteiger partial charge in [-0.25, -0.2) is 4.98 Å². The number of carbonyl (C=O) groups excluding carboxylic acids is 1. The van der Waals surface area contributed by atoms with E-state index in [0.717, 1.165) is 5.56 Å². The molecule has 2 rings (SSSR count). The first kappa shape index (κ1) is 22.0. The van der Waals surface area contributed by atoms with E-state index in [4.69, 9.17) is 22.1 Å². The Morgan fingerprint density at radius 2 is 2.08 bits per heavy atom. The van der Waals surface area contributed by atoms with Gasteiger partial charge in [0, 0.05) is 18.3 Å². The van der Waals surface area contributed by atoms with Crippen molar-refractivity contribution in [3.05, 3.63) is 47.1 Å². The van der Waals surface area contributed by atoms with Crippen molar-refractivity contribution >= 4 is 58.9 Å². The van der Waals surface area contributed by atoms with Gasteiger partial charge in [-0.15, -0.1) is 24.0 Å². The molecule has 0 saturated heterocycles. The molecular formula is C17H21ClIN5O2. The van der Waals surface area contributed by atoms with Gasteiger partial charge in [0.2, 0.25) is 5.91 Å². The summed E-state index contributed by atoms with van der Waals surface area (Å²) in [6.07, 6.45) is 1.89. The lowest BCUT2D eigenvalue weighted by molar-refractivity contribution is -0.116. The zero-order valence-corrected chi connectivity index (χ0v) is 17.5. The average molecular weight is 490 g/mol. The highest BCUT2D eigenvalue weighted by atomic mass is 127. The Kier molecular flexibility index (Phi) is 9.14. The zero-order valence-electron chi connectivity index (χ0n) is 14.5. The Balaban J connectivity index is 0.00000338. The summed E-state index contributed by atoms with van der Waals surface area (Å²) in [5.74, 6) is 1.10. The van der Waals surface area contributed by atoms with Gasteiger partial charge < -0.3 is 21.1 Å². The third kappa shape index (κ3) is 7.04. The summed E-state index contributed by atoms with van der Waals surface area (Å²) in [4.78, 5) is 20.1. The van der Waals surface area contributed by atoms with Crippen molar-refractivity contribution in [1.82, 2.24) is 4.98 Å². The number of nitrogens with one attached hydrogen (secondary N) is 2. The lowest BCUT2D eigenvalue weighted by Gasteiger charge is -2.08. The monoisotopic (exact) mass is 489 g/mol. The predicted octanol–water partition coefficient (Wildman–Crippen LogP) is 3.43. The first-order chi connectivity index (χ1) is 12.0. The summed E-state index contributed by atoms with van der Waals surface area (Å²) in [6.45, 7) is 2.18. The van der Waals surface area contributed by atoms with Crippen molar-refractivity contribution in [3.8, 4) is 5.75 Å². The lowest BCUT2D eigenvalue weighted by Crippen LogP contribution is -2.23. The van der Waals surface area contributed by atoms with Crippen LogP contribution in [0, 0.1) is 6.92 Å². The second kappa shape index (κ2) is 10.8. The van der Waals surface area contributed by atoms with Crippen LogP contribution in [0.4, 0.5) is 11.5 Å². The van der Waals surface area contributed by atoms with Crippen LogP contribution >= 0.6 is 35.6 Å². The Morgan fingerprint density at radius 3 is 2.69 bits per heavy atom. The van der Waals surface area contributed by atoms with Crippen LogP contribution in [-0.4, -0.2) is 30.5 Å². The number of rotatable bonds is 6. The Bertz CT molecular complexity index is 768. The predicted molar refractivity (Wildman–Crippen MR) is 116 cm³/mol. The first-order valence-electron chi connectivity index (χ1n) is 7.61. The summed E-state index contributed by atoms with van der Waals surface area (Å²) in [6, 6.07) is 8.80. The van der Waals surface area contributed by atoms with Crippen LogP contribution < -0.4 is 21.1 Å². The molecule has 0 spiro atoms. The van der Waals surface area contributed by atoms with Crippen LogP contribution in [0.15, 0.2) is 41.5 Å². The quantitative estimate of drug-likeness (QED) is 0.328. The van der Waals surface area contributed by atoms with Gasteiger partial charge in [-0.05, 0) is 36.8 Å². The van der Waals surface area contributed by atoms with Crippen molar-refractivity contribution in [2.24, 2.45) is 10.7 Å². The van der Waals surface area contributed by atoms with Crippen LogP contribution in [0.3, 0.4) is 0 Å². The second-order valence-corrected chi connectivity index (χ2v) is 5.67. The molecule has 0 fully saturated rings. The molecule has 0 aliphatic carbocycles. The van der Waals surface area contributed by atoms with Gasteiger partial charge in [0.25, 0.3) is 0 Å². The number of benzene rings is 1. The molecule has 0 atom stereocenters. The molecule has 1 aromatic carbocycles. The minimum Gasteiger partial charge on any atom is -0.495 e. The summed E-state index contributed by atoms with van der Waals surface area (Å²) in [5.41, 5.74) is 7.51. The summed E-state index contributed by atoms with van der Waals surface area (Å²) in [5, 5.41) is 6.07. The Hall–Kier alpha value is -2.07. The fraction of sp³-hybridized carbons (Fsp3) is 0.235. The number of aliphatic imine (C=N–C) groups is 1. The maximum atomic E-state index is 11.8. The average Bonchev–Trinajstić information content (AvgIpc) is 2.57. The number of ether oxygens (including phenoxy) is 1. The maximum Gasteiger partial charge on any atom is 0.227 e. The number of hydrogen-bond donors (Lipinski definition) is 3. The Morgan fingerprint density at radius 1 is 1.31 bits per heavy atom. The summed E-state index contributed by atoms with van der Waals surface area (Å²) < 4.78 is 5.08. The number of nitrogens with zero attached hydrogens (tertiary/aromatic N) is 2. The molecule has 140 valence electrons. The van der Waals surface area contributed by atoms with Crippen molar-refractivity contribution in [1.29, 1.82) is 0 Å². The molecule has 0 unspecified atom stereocenters. The minimum atomic E-state index is -0.180. The van der Waals surface area contributed by atoms with E-state index in [1.807, 2.05) is 13.0 Å². The molecule has 2 aromatic rings. The van der Waals surface area contributed by atoms with Crippen LogP contribution in [0.1, 0.15) is 12.0 Å². The van der Waals surface area contributed by atoms with E-state index in [1.54, 1.807) is 37.6 Å². The molecule has 0 radical (unpaired) electrons. The third-order valence-corrected chi connectivity index (χ3v) is 3.52. The van der Waals surface area contributed by atoms with Crippen LogP contribution in [0.2, 0.25) is 5.02 Å². The number of amides is 1. The van der Waals surface area contributed by atoms with E-state index in [2.05, 4.69) is 20.6 Å². The van der Waals surface area contributed by atoms with Crippen LogP contribution in [0.5, 0.6) is 5.75 Å². The topological polar surface area (TPSA) is 102 Å². The van der Waals surface area contributed by atoms with Gasteiger partial charge in [-0.1, -0.05) is 17.7 Å². The van der Waals surface area contributed by atoms with Crippen molar-refractivity contribution < 1.29 is 9.53 Å². The van der Waals surface area contributed by atoms with Crippen LogP contribution in [-0.2, 0) is 4.79 Å². The Labute approximate surface area is 174 Å². The summed E-state index contributed by atoms with van der Waals surface area (Å²) in [7, 11) is 1.54. The highest BCUT2D eigenvalue weighted by Gasteiger charge is 2.04. The normalized spacial score (nSPS) is 10.7. The van der Waals surface area contributed by atoms with Gasteiger partial charge in [-0.2, -0.15) is 0 Å². The smallest absolute Gasteiger partial charge is 0.227 e. The molecule has 0 aliphatic rings. The molecule has 9 heteroatoms. The number of methoxy groups -OCH3 is 1. The molecule has 1 heterocycles. The SMILES string of the molecule is COc1ccc(NC(N)=NCCC(=O)Nc2ccc(C)cn2)cc1Cl.I. The fourth-order valence-corrected chi connectivity index (χ4v) is 2.21. The second-order valence-electron chi connectivity index (χ2n) is 5.26. The molecule has 4 N–H and O–H groups in total. The van der Waals surface area contributed by atoms with Gasteiger partial charge >= 0.3 is 0 Å². The maximum absolute atomic E-state index is 11.8. The number of pyridine rings is 1. The number of aromatic nitrogens is 1. The number of guanidine groups is 1. The number of halogens is 2. The van der Waals surface area contributed by atoms with Crippen molar-refractivity contribution in [3.63, 3.8) is 0 Å². The van der Waals surface area contributed by atoms with Crippen molar-refractivity contribution in [2.75, 3.05) is 24.3 Å². The van der Waals surface area contributed by atoms with Gasteiger partial charge in [0.05, 0.1) is 18.7 Å². The molecule has 0 aliphatic heterocycles. The van der Waals surface area contributed by atoms with E-state index >= 15 is 0 Å². The molecule has 1 amide bonds. The standard InChI is InChI=1S/C17H20ClN5O2.HI/c1-11-3-6-15(21-10-11)23-16(24)7-8-20-17(19)22-12-4-5-14(25-2)13(18)9-12;/h3-6,9-10H,7-8H2,1-2H3,(H3,19,20,22)(H,21,23,24);1H. The summed E-state index contributed by atoms with van der Waals surface area (Å²) >= 11 is 6.04. The largest absolute Gasteiger partial charge is 0.495 e. The van der Waals surface area contributed by atoms with Crippen LogP contribution in [0.25, 0.3) is 0 Å². The molecular weight excluding hydrogens is 469 g/mol. The molecule has 0 saturated carbocycles. The number of anilines is 2. The molecule has 26 heavy (non-hydrogen) atoms. The number of aryl methyl sites for hydroxylation is 1. The minimum absolute atomic E-state index is 0. The molecule has 0 bridgehead atoms. The number of carbonyl (C=O) groups is 1. The van der Waals surface area contributed by atoms with E-state index in [1.165, 1.54) is 0 Å². The van der Waals surface area contributed by atoms with E-state index in [-0.39, 0.29) is 48.8 Å². The van der Waals surface area contributed by atoms with Gasteiger partial charge in [0.1, 0.15) is 11.6 Å². The number of hydrogen-bond acceptors (Lipinski definition) is 4. The lowest BCUT2D eigenvalue weighted by atomic mass is 10.3. The van der Waals surface area contributed by atoms with E-state index < -0.39 is 0 Å². The fourth-order valence-electron chi connectivity index (χ4n) is 1.96. The zero-order chi connectivity index (χ0) is 18.2. The van der Waals surface area contributed by atoms with Gasteiger partial charge in [-0.3, -0.25) is 9.79 Å². The highest BCUT2D eigenvalue weighted by molar-refractivity contribution is 14.0. The third-order valence-electron chi connectivity index (χ3n) is 3.22. The molecule has 1 aromatic heterocycles. The van der Waals surface area contributed by atoms with Gasteiger partial charge in [0.15, 0.2) is 5.96 Å².